The minimum absolute atomic E-state index is 0.00405. The molecule has 0 saturated heterocycles. The minimum atomic E-state index is -0.00405. The first-order chi connectivity index (χ1) is 10.6. The summed E-state index contributed by atoms with van der Waals surface area (Å²) in [6.07, 6.45) is 0.903. The maximum absolute atomic E-state index is 12.0. The fourth-order valence-corrected chi connectivity index (χ4v) is 3.39. The summed E-state index contributed by atoms with van der Waals surface area (Å²) in [4.78, 5) is 12.0. The molecule has 0 spiro atoms. The van der Waals surface area contributed by atoms with Crippen LogP contribution in [0.2, 0.25) is 0 Å². The molecule has 0 unspecified atom stereocenters. The van der Waals surface area contributed by atoms with Crippen LogP contribution >= 0.6 is 11.8 Å². The van der Waals surface area contributed by atoms with Crippen LogP contribution in [0.1, 0.15) is 22.6 Å². The van der Waals surface area contributed by atoms with Crippen LogP contribution < -0.4 is 10.1 Å². The molecule has 22 heavy (non-hydrogen) atoms. The van der Waals surface area contributed by atoms with E-state index < -0.39 is 0 Å². The second kappa shape index (κ2) is 6.44. The zero-order valence-electron chi connectivity index (χ0n) is 12.6. The Labute approximate surface area is 133 Å². The molecule has 5 nitrogen and oxygen atoms in total. The maximum Gasteiger partial charge on any atom is 0.234 e. The molecule has 0 aliphatic carbocycles. The summed E-state index contributed by atoms with van der Waals surface area (Å²) in [7, 11) is 0. The van der Waals surface area contributed by atoms with Crippen LogP contribution in [0.4, 0.5) is 5.69 Å². The Bertz CT molecular complexity index is 677. The number of amides is 1. The molecule has 0 radical (unpaired) electrons. The lowest BCUT2D eigenvalue weighted by Crippen LogP contribution is -2.14. The number of carbonyl (C=O) groups excluding carboxylic acids is 1. The van der Waals surface area contributed by atoms with E-state index in [-0.39, 0.29) is 5.91 Å². The van der Waals surface area contributed by atoms with Crippen LogP contribution in [0.5, 0.6) is 5.75 Å². The van der Waals surface area contributed by atoms with Gasteiger partial charge in [0.25, 0.3) is 0 Å². The van der Waals surface area contributed by atoms with E-state index in [1.807, 2.05) is 32.0 Å². The molecule has 0 fully saturated rings. The SMILES string of the molecule is Cc1noc(C)c1CSCC(=O)Nc1ccc2c(c1)CCO2. The van der Waals surface area contributed by atoms with Gasteiger partial charge in [-0.25, -0.2) is 0 Å². The molecule has 1 aromatic carbocycles. The van der Waals surface area contributed by atoms with Crippen LogP contribution in [0, 0.1) is 13.8 Å². The van der Waals surface area contributed by atoms with Gasteiger partial charge in [-0.1, -0.05) is 5.16 Å². The van der Waals surface area contributed by atoms with Gasteiger partial charge in [-0.05, 0) is 37.6 Å². The molecule has 0 bridgehead atoms. The number of hydrogen-bond acceptors (Lipinski definition) is 5. The summed E-state index contributed by atoms with van der Waals surface area (Å²) in [5.41, 5.74) is 3.95. The predicted octanol–water partition coefficient (Wildman–Crippen LogP) is 3.10. The number of thioether (sulfide) groups is 1. The van der Waals surface area contributed by atoms with Crippen molar-refractivity contribution in [3.63, 3.8) is 0 Å². The molecule has 0 saturated carbocycles. The fraction of sp³-hybridized carbons (Fsp3) is 0.375. The maximum atomic E-state index is 12.0. The Morgan fingerprint density at radius 3 is 3.05 bits per heavy atom. The number of hydrogen-bond donors (Lipinski definition) is 1. The molecular weight excluding hydrogens is 300 g/mol. The lowest BCUT2D eigenvalue weighted by Gasteiger charge is -2.07. The van der Waals surface area contributed by atoms with E-state index in [0.29, 0.717) is 5.75 Å². The van der Waals surface area contributed by atoms with Crippen molar-refractivity contribution < 1.29 is 14.1 Å². The second-order valence-corrected chi connectivity index (χ2v) is 6.25. The van der Waals surface area contributed by atoms with Gasteiger partial charge in [0.05, 0.1) is 18.1 Å². The summed E-state index contributed by atoms with van der Waals surface area (Å²) in [5.74, 6) is 2.87. The third-order valence-corrected chi connectivity index (χ3v) is 4.59. The van der Waals surface area contributed by atoms with Crippen molar-refractivity contribution in [3.05, 3.63) is 40.8 Å². The fourth-order valence-electron chi connectivity index (χ4n) is 2.42. The van der Waals surface area contributed by atoms with Gasteiger partial charge in [0.2, 0.25) is 5.91 Å². The topological polar surface area (TPSA) is 64.4 Å². The molecular formula is C16H18N2O3S. The summed E-state index contributed by atoms with van der Waals surface area (Å²) in [6, 6.07) is 5.77. The second-order valence-electron chi connectivity index (χ2n) is 5.26. The van der Waals surface area contributed by atoms with Crippen molar-refractivity contribution in [2.45, 2.75) is 26.0 Å². The van der Waals surface area contributed by atoms with Crippen LogP contribution in [-0.2, 0) is 17.0 Å². The molecule has 2 aromatic rings. The average Bonchev–Trinajstić information content (AvgIpc) is 3.07. The zero-order chi connectivity index (χ0) is 15.5. The van der Waals surface area contributed by atoms with Crippen molar-refractivity contribution in [1.29, 1.82) is 0 Å². The summed E-state index contributed by atoms with van der Waals surface area (Å²) in [6.45, 7) is 4.53. The number of nitrogens with one attached hydrogen (secondary N) is 1. The first-order valence-electron chi connectivity index (χ1n) is 7.18. The molecule has 2 heterocycles. The standard InChI is InChI=1S/C16H18N2O3S/c1-10-14(11(2)21-18-10)8-22-9-16(19)17-13-3-4-15-12(7-13)5-6-20-15/h3-4,7H,5-6,8-9H2,1-2H3,(H,17,19). The van der Waals surface area contributed by atoms with Gasteiger partial charge in [0.1, 0.15) is 11.5 Å². The molecule has 0 atom stereocenters. The number of aryl methyl sites for hydroxylation is 2. The van der Waals surface area contributed by atoms with Crippen LogP contribution in [0.15, 0.2) is 22.7 Å². The minimum Gasteiger partial charge on any atom is -0.493 e. The van der Waals surface area contributed by atoms with Crippen LogP contribution in [0.25, 0.3) is 0 Å². The molecule has 3 rings (SSSR count). The highest BCUT2D eigenvalue weighted by Gasteiger charge is 2.13. The number of benzene rings is 1. The Kier molecular flexibility index (Phi) is 4.38. The number of fused-ring (bicyclic) bond motifs is 1. The van der Waals surface area contributed by atoms with Crippen molar-refractivity contribution in [2.75, 3.05) is 17.7 Å². The number of rotatable bonds is 5. The monoisotopic (exact) mass is 318 g/mol. The highest BCUT2D eigenvalue weighted by atomic mass is 32.2. The van der Waals surface area contributed by atoms with E-state index in [0.717, 1.165) is 52.8 Å². The molecule has 1 aromatic heterocycles. The molecule has 1 N–H and O–H groups in total. The first-order valence-corrected chi connectivity index (χ1v) is 8.34. The smallest absolute Gasteiger partial charge is 0.234 e. The van der Waals surface area contributed by atoms with Crippen molar-refractivity contribution in [1.82, 2.24) is 5.16 Å². The van der Waals surface area contributed by atoms with E-state index in [9.17, 15) is 4.79 Å². The average molecular weight is 318 g/mol. The molecule has 116 valence electrons. The van der Waals surface area contributed by atoms with E-state index >= 15 is 0 Å². The predicted molar refractivity (Wildman–Crippen MR) is 86.4 cm³/mol. The highest BCUT2D eigenvalue weighted by molar-refractivity contribution is 7.99. The van der Waals surface area contributed by atoms with E-state index in [1.165, 1.54) is 0 Å². The normalized spacial score (nSPS) is 12.8. The largest absolute Gasteiger partial charge is 0.493 e. The highest BCUT2D eigenvalue weighted by Crippen LogP contribution is 2.28. The third kappa shape index (κ3) is 3.27. The molecule has 6 heteroatoms. The molecule has 1 aliphatic rings. The summed E-state index contributed by atoms with van der Waals surface area (Å²) < 4.78 is 10.6. The third-order valence-electron chi connectivity index (χ3n) is 3.63. The number of aromatic nitrogens is 1. The number of ether oxygens (including phenoxy) is 1. The molecule has 1 aliphatic heterocycles. The van der Waals surface area contributed by atoms with Crippen molar-refractivity contribution in [2.24, 2.45) is 0 Å². The number of nitrogens with zero attached hydrogens (tertiary/aromatic N) is 1. The zero-order valence-corrected chi connectivity index (χ0v) is 13.5. The van der Waals surface area contributed by atoms with E-state index in [4.69, 9.17) is 9.26 Å². The number of anilines is 1. The number of carbonyl (C=O) groups is 1. The Morgan fingerprint density at radius 2 is 2.27 bits per heavy atom. The quantitative estimate of drug-likeness (QED) is 0.917. The van der Waals surface area contributed by atoms with Gasteiger partial charge in [-0.3, -0.25) is 4.79 Å². The Balaban J connectivity index is 1.50. The summed E-state index contributed by atoms with van der Waals surface area (Å²) >= 11 is 1.56. The summed E-state index contributed by atoms with van der Waals surface area (Å²) in [5, 5.41) is 6.84. The van der Waals surface area contributed by atoms with Gasteiger partial charge in [-0.15, -0.1) is 11.8 Å². The Hall–Kier alpha value is -1.95. The van der Waals surface area contributed by atoms with Crippen molar-refractivity contribution in [3.8, 4) is 5.75 Å². The van der Waals surface area contributed by atoms with Gasteiger partial charge in [-0.2, -0.15) is 0 Å². The van der Waals surface area contributed by atoms with Gasteiger partial charge >= 0.3 is 0 Å². The first kappa shape index (κ1) is 15.0. The van der Waals surface area contributed by atoms with E-state index in [1.54, 1.807) is 11.8 Å². The van der Waals surface area contributed by atoms with Gasteiger partial charge in [0.15, 0.2) is 0 Å². The van der Waals surface area contributed by atoms with Gasteiger partial charge in [0, 0.05) is 23.4 Å². The van der Waals surface area contributed by atoms with Crippen LogP contribution in [0.3, 0.4) is 0 Å². The lowest BCUT2D eigenvalue weighted by atomic mass is 10.1. The van der Waals surface area contributed by atoms with Crippen LogP contribution in [-0.4, -0.2) is 23.4 Å². The van der Waals surface area contributed by atoms with Crippen molar-refractivity contribution >= 4 is 23.4 Å². The van der Waals surface area contributed by atoms with Gasteiger partial charge < -0.3 is 14.6 Å². The van der Waals surface area contributed by atoms with E-state index in [2.05, 4.69) is 10.5 Å². The lowest BCUT2D eigenvalue weighted by molar-refractivity contribution is -0.113. The Morgan fingerprint density at radius 1 is 1.41 bits per heavy atom. The molecule has 1 amide bonds.